The van der Waals surface area contributed by atoms with Gasteiger partial charge in [0.05, 0.1) is 0 Å². The number of aryl methyl sites for hydroxylation is 1. The Morgan fingerprint density at radius 2 is 1.67 bits per heavy atom. The molecule has 36 heavy (non-hydrogen) atoms. The van der Waals surface area contributed by atoms with Crippen LogP contribution < -0.4 is 5.32 Å². The number of hydrogen-bond acceptors (Lipinski definition) is 7. The van der Waals surface area contributed by atoms with E-state index in [0.29, 0.717) is 29.9 Å². The van der Waals surface area contributed by atoms with Crippen LogP contribution in [0.1, 0.15) is 56.9 Å². The summed E-state index contributed by atoms with van der Waals surface area (Å²) >= 11 is 0. The van der Waals surface area contributed by atoms with Crippen molar-refractivity contribution in [3.63, 3.8) is 0 Å². The normalized spacial score (nSPS) is 22.3. The SMILES string of the molecule is Cc1cc(NCCCN2CCC(N(C)C)CC2)ncc1S(=O)(=O)N1CCC(CN2CCCCC2)CC1. The summed E-state index contributed by atoms with van der Waals surface area (Å²) in [6.07, 6.45) is 11.0. The lowest BCUT2D eigenvalue weighted by atomic mass is 9.96. The van der Waals surface area contributed by atoms with Gasteiger partial charge in [-0.05, 0) is 116 Å². The van der Waals surface area contributed by atoms with E-state index in [9.17, 15) is 8.42 Å². The summed E-state index contributed by atoms with van der Waals surface area (Å²) < 4.78 is 28.4. The van der Waals surface area contributed by atoms with E-state index in [1.54, 1.807) is 10.5 Å². The molecule has 0 aromatic carbocycles. The maximum Gasteiger partial charge on any atom is 0.244 e. The average Bonchev–Trinajstić information content (AvgIpc) is 2.88. The Labute approximate surface area is 219 Å². The molecular formula is C27H48N6O2S. The molecule has 0 bridgehead atoms. The number of rotatable bonds is 10. The number of anilines is 1. The van der Waals surface area contributed by atoms with Crippen LogP contribution in [0, 0.1) is 12.8 Å². The van der Waals surface area contributed by atoms with Crippen molar-refractivity contribution in [1.29, 1.82) is 0 Å². The summed E-state index contributed by atoms with van der Waals surface area (Å²) in [5.74, 6) is 1.37. The molecule has 0 aliphatic carbocycles. The molecule has 0 atom stereocenters. The Kier molecular flexibility index (Phi) is 10.0. The lowest BCUT2D eigenvalue weighted by Gasteiger charge is -2.35. The second kappa shape index (κ2) is 13.0. The number of pyridine rings is 1. The maximum atomic E-state index is 13.4. The molecule has 204 valence electrons. The summed E-state index contributed by atoms with van der Waals surface area (Å²) in [5, 5.41) is 3.40. The quantitative estimate of drug-likeness (QED) is 0.475. The van der Waals surface area contributed by atoms with Crippen molar-refractivity contribution >= 4 is 15.8 Å². The Hall–Kier alpha value is -1.26. The summed E-state index contributed by atoms with van der Waals surface area (Å²) in [6, 6.07) is 2.60. The molecule has 3 aliphatic rings. The van der Waals surface area contributed by atoms with Crippen LogP contribution in [0.25, 0.3) is 0 Å². The fourth-order valence-electron chi connectivity index (χ4n) is 6.07. The van der Waals surface area contributed by atoms with Crippen molar-refractivity contribution in [2.75, 3.05) is 78.3 Å². The number of piperidine rings is 3. The molecule has 3 fully saturated rings. The summed E-state index contributed by atoms with van der Waals surface area (Å²) in [5.41, 5.74) is 0.772. The lowest BCUT2D eigenvalue weighted by Crippen LogP contribution is -2.42. The molecule has 9 heteroatoms. The summed E-state index contributed by atoms with van der Waals surface area (Å²) in [4.78, 5) is 12.3. The monoisotopic (exact) mass is 520 g/mol. The van der Waals surface area contributed by atoms with Gasteiger partial charge < -0.3 is 20.0 Å². The number of hydrogen-bond donors (Lipinski definition) is 1. The van der Waals surface area contributed by atoms with Crippen molar-refractivity contribution in [2.45, 2.75) is 69.2 Å². The third-order valence-corrected chi connectivity index (χ3v) is 10.5. The number of nitrogens with zero attached hydrogens (tertiary/aromatic N) is 5. The van der Waals surface area contributed by atoms with Crippen molar-refractivity contribution in [3.05, 3.63) is 17.8 Å². The van der Waals surface area contributed by atoms with Crippen LogP contribution in [0.3, 0.4) is 0 Å². The molecule has 4 rings (SSSR count). The van der Waals surface area contributed by atoms with Gasteiger partial charge in [-0.1, -0.05) is 6.42 Å². The first kappa shape index (κ1) is 27.8. The summed E-state index contributed by atoms with van der Waals surface area (Å²) in [7, 11) is 0.854. The van der Waals surface area contributed by atoms with Crippen LogP contribution >= 0.6 is 0 Å². The van der Waals surface area contributed by atoms with Gasteiger partial charge in [0.25, 0.3) is 0 Å². The van der Waals surface area contributed by atoms with Gasteiger partial charge in [0.15, 0.2) is 0 Å². The molecule has 0 saturated carbocycles. The number of sulfonamides is 1. The van der Waals surface area contributed by atoms with E-state index in [1.807, 2.05) is 13.0 Å². The van der Waals surface area contributed by atoms with Crippen LogP contribution in [-0.4, -0.2) is 111 Å². The largest absolute Gasteiger partial charge is 0.370 e. The zero-order valence-corrected chi connectivity index (χ0v) is 23.6. The van der Waals surface area contributed by atoms with E-state index in [1.165, 1.54) is 58.3 Å². The molecule has 0 amide bonds. The number of nitrogens with one attached hydrogen (secondary N) is 1. The molecule has 3 aliphatic heterocycles. The molecule has 8 nitrogen and oxygen atoms in total. The smallest absolute Gasteiger partial charge is 0.244 e. The molecule has 0 unspecified atom stereocenters. The van der Waals surface area contributed by atoms with Crippen molar-refractivity contribution < 1.29 is 8.42 Å². The second-order valence-corrected chi connectivity index (χ2v) is 13.3. The third-order valence-electron chi connectivity index (χ3n) is 8.46. The minimum absolute atomic E-state index is 0.353. The molecule has 1 N–H and O–H groups in total. The van der Waals surface area contributed by atoms with Crippen molar-refractivity contribution in [3.8, 4) is 0 Å². The highest BCUT2D eigenvalue weighted by Gasteiger charge is 2.31. The van der Waals surface area contributed by atoms with Gasteiger partial charge >= 0.3 is 0 Å². The van der Waals surface area contributed by atoms with Crippen molar-refractivity contribution in [1.82, 2.24) is 24.0 Å². The minimum Gasteiger partial charge on any atom is -0.370 e. The Morgan fingerprint density at radius 1 is 0.972 bits per heavy atom. The van der Waals surface area contributed by atoms with Crippen LogP contribution in [-0.2, 0) is 10.0 Å². The van der Waals surface area contributed by atoms with Gasteiger partial charge in [0.1, 0.15) is 10.7 Å². The molecular weight excluding hydrogens is 472 g/mol. The Balaban J connectivity index is 1.21. The van der Waals surface area contributed by atoms with Gasteiger partial charge in [-0.3, -0.25) is 0 Å². The van der Waals surface area contributed by atoms with Gasteiger partial charge in [0.2, 0.25) is 10.0 Å². The highest BCUT2D eigenvalue weighted by molar-refractivity contribution is 7.89. The summed E-state index contributed by atoms with van der Waals surface area (Å²) in [6.45, 7) is 10.9. The topological polar surface area (TPSA) is 72.0 Å². The number of aromatic nitrogens is 1. The maximum absolute atomic E-state index is 13.4. The van der Waals surface area contributed by atoms with Gasteiger partial charge in [0, 0.05) is 38.4 Å². The molecule has 0 spiro atoms. The Morgan fingerprint density at radius 3 is 2.31 bits per heavy atom. The van der Waals surface area contributed by atoms with E-state index in [2.05, 4.69) is 39.1 Å². The van der Waals surface area contributed by atoms with E-state index >= 15 is 0 Å². The lowest BCUT2D eigenvalue weighted by molar-refractivity contribution is 0.145. The standard InChI is InChI=1S/C27H48N6O2S/c1-23-20-27(28-12-7-15-31-16-10-25(11-17-31)30(2)3)29-21-26(23)36(34,35)33-18-8-24(9-19-33)22-32-13-5-4-6-14-32/h20-21,24-25H,4-19,22H2,1-3H3,(H,28,29). The van der Waals surface area contributed by atoms with Gasteiger partial charge in [-0.2, -0.15) is 4.31 Å². The zero-order valence-electron chi connectivity index (χ0n) is 22.8. The third kappa shape index (κ3) is 7.40. The fraction of sp³-hybridized carbons (Fsp3) is 0.815. The predicted octanol–water partition coefficient (Wildman–Crippen LogP) is 3.10. The van der Waals surface area contributed by atoms with Crippen LogP contribution in [0.5, 0.6) is 0 Å². The molecule has 0 radical (unpaired) electrons. The van der Waals surface area contributed by atoms with Crippen LogP contribution in [0.4, 0.5) is 5.82 Å². The highest BCUT2D eigenvalue weighted by Crippen LogP contribution is 2.27. The molecule has 1 aromatic heterocycles. The van der Waals surface area contributed by atoms with Crippen LogP contribution in [0.15, 0.2) is 17.2 Å². The first-order valence-electron chi connectivity index (χ1n) is 14.1. The first-order valence-corrected chi connectivity index (χ1v) is 15.6. The average molecular weight is 521 g/mol. The molecule has 4 heterocycles. The fourth-order valence-corrected chi connectivity index (χ4v) is 7.69. The number of likely N-dealkylation sites (tertiary alicyclic amines) is 2. The van der Waals surface area contributed by atoms with E-state index in [-0.39, 0.29) is 0 Å². The zero-order chi connectivity index (χ0) is 25.5. The molecule has 1 aromatic rings. The van der Waals surface area contributed by atoms with Gasteiger partial charge in [-0.25, -0.2) is 13.4 Å². The Bertz CT molecular complexity index is 918. The highest BCUT2D eigenvalue weighted by atomic mass is 32.2. The van der Waals surface area contributed by atoms with Gasteiger partial charge in [-0.15, -0.1) is 0 Å². The second-order valence-electron chi connectivity index (χ2n) is 11.4. The van der Waals surface area contributed by atoms with E-state index < -0.39 is 10.0 Å². The van der Waals surface area contributed by atoms with Crippen LogP contribution in [0.2, 0.25) is 0 Å². The molecule has 3 saturated heterocycles. The first-order chi connectivity index (χ1) is 17.3. The van der Waals surface area contributed by atoms with Crippen molar-refractivity contribution in [2.24, 2.45) is 5.92 Å². The minimum atomic E-state index is -3.50. The van der Waals surface area contributed by atoms with E-state index in [0.717, 1.165) is 50.3 Å². The predicted molar refractivity (Wildman–Crippen MR) is 147 cm³/mol. The van der Waals surface area contributed by atoms with E-state index in [4.69, 9.17) is 0 Å².